The molecule has 1 saturated heterocycles. The minimum Gasteiger partial charge on any atom is -0.354 e. The second-order valence-corrected chi connectivity index (χ2v) is 4.45. The smallest absolute Gasteiger partial charge is 0.222 e. The van der Waals surface area contributed by atoms with Gasteiger partial charge in [0.05, 0.1) is 23.0 Å². The van der Waals surface area contributed by atoms with E-state index in [1.165, 1.54) is 0 Å². The summed E-state index contributed by atoms with van der Waals surface area (Å²) in [5.41, 5.74) is 1.98. The number of carbonyl (C=O) groups is 1. The maximum atomic E-state index is 11.3. The number of carbonyl (C=O) groups excluding carboxylic acids is 1. The molecule has 1 amide bonds. The number of para-hydroxylation sites is 2. The molecule has 1 atom stereocenters. The second kappa shape index (κ2) is 4.04. The Morgan fingerprint density at radius 2 is 2.29 bits per heavy atom. The van der Waals surface area contributed by atoms with E-state index in [2.05, 4.69) is 14.9 Å². The summed E-state index contributed by atoms with van der Waals surface area (Å²) in [6, 6.07) is 8.04. The molecule has 0 radical (unpaired) electrons. The molecule has 1 N–H and O–H groups in total. The fourth-order valence-electron chi connectivity index (χ4n) is 2.37. The fourth-order valence-corrected chi connectivity index (χ4v) is 2.56. The molecule has 4 nitrogen and oxygen atoms in total. The molecular formula is C12H12ClN3O. The predicted molar refractivity (Wildman–Crippen MR) is 66.0 cm³/mol. The highest BCUT2D eigenvalue weighted by molar-refractivity contribution is 6.16. The summed E-state index contributed by atoms with van der Waals surface area (Å²) in [6.45, 7) is 0.656. The zero-order valence-electron chi connectivity index (χ0n) is 9.19. The van der Waals surface area contributed by atoms with Crippen LogP contribution in [0.4, 0.5) is 0 Å². The standard InChI is InChI=1S/C12H12ClN3O/c13-6-11-15-9-3-1-2-4-10(9)16(11)8-5-12(17)14-7-8/h1-4,8H,5-7H2,(H,14,17). The predicted octanol–water partition coefficient (Wildman–Crippen LogP) is 1.84. The number of halogens is 1. The molecule has 17 heavy (non-hydrogen) atoms. The van der Waals surface area contributed by atoms with Crippen molar-refractivity contribution in [3.8, 4) is 0 Å². The number of benzene rings is 1. The molecule has 0 saturated carbocycles. The number of rotatable bonds is 2. The number of hydrogen-bond acceptors (Lipinski definition) is 2. The number of nitrogens with one attached hydrogen (secondary N) is 1. The van der Waals surface area contributed by atoms with Crippen molar-refractivity contribution in [1.29, 1.82) is 0 Å². The van der Waals surface area contributed by atoms with Crippen molar-refractivity contribution in [2.24, 2.45) is 0 Å². The minimum absolute atomic E-state index is 0.0910. The van der Waals surface area contributed by atoms with Crippen LogP contribution in [-0.2, 0) is 10.7 Å². The van der Waals surface area contributed by atoms with E-state index in [1.807, 2.05) is 24.3 Å². The summed E-state index contributed by atoms with van der Waals surface area (Å²) in [5, 5.41) is 2.84. The number of fused-ring (bicyclic) bond motifs is 1. The average Bonchev–Trinajstić information content (AvgIpc) is 2.91. The number of hydrogen-bond donors (Lipinski definition) is 1. The Hall–Kier alpha value is -1.55. The van der Waals surface area contributed by atoms with Crippen LogP contribution in [0.5, 0.6) is 0 Å². The van der Waals surface area contributed by atoms with Gasteiger partial charge in [-0.05, 0) is 12.1 Å². The van der Waals surface area contributed by atoms with Crippen LogP contribution in [-0.4, -0.2) is 22.0 Å². The monoisotopic (exact) mass is 249 g/mol. The molecule has 0 bridgehead atoms. The maximum Gasteiger partial charge on any atom is 0.222 e. The van der Waals surface area contributed by atoms with Crippen LogP contribution in [0, 0.1) is 0 Å². The molecule has 2 heterocycles. The minimum atomic E-state index is 0.0910. The van der Waals surface area contributed by atoms with Gasteiger partial charge in [0.15, 0.2) is 0 Å². The molecular weight excluding hydrogens is 238 g/mol. The summed E-state index contributed by atoms with van der Waals surface area (Å²) in [4.78, 5) is 15.8. The van der Waals surface area contributed by atoms with Crippen molar-refractivity contribution in [1.82, 2.24) is 14.9 Å². The Kier molecular flexibility index (Phi) is 2.52. The first-order valence-corrected chi connectivity index (χ1v) is 6.11. The molecule has 0 spiro atoms. The van der Waals surface area contributed by atoms with Gasteiger partial charge in [-0.1, -0.05) is 12.1 Å². The van der Waals surface area contributed by atoms with Gasteiger partial charge in [0.2, 0.25) is 5.91 Å². The summed E-state index contributed by atoms with van der Waals surface area (Å²) >= 11 is 5.93. The summed E-state index contributed by atoms with van der Waals surface area (Å²) in [7, 11) is 0. The number of alkyl halides is 1. The Morgan fingerprint density at radius 1 is 1.47 bits per heavy atom. The fraction of sp³-hybridized carbons (Fsp3) is 0.333. The first-order valence-electron chi connectivity index (χ1n) is 5.58. The topological polar surface area (TPSA) is 46.9 Å². The van der Waals surface area contributed by atoms with Crippen LogP contribution < -0.4 is 5.32 Å². The van der Waals surface area contributed by atoms with Crippen LogP contribution in [0.1, 0.15) is 18.3 Å². The Labute approximate surface area is 104 Å². The van der Waals surface area contributed by atoms with Gasteiger partial charge in [0.25, 0.3) is 0 Å². The van der Waals surface area contributed by atoms with Crippen molar-refractivity contribution < 1.29 is 4.79 Å². The van der Waals surface area contributed by atoms with Gasteiger partial charge >= 0.3 is 0 Å². The highest BCUT2D eigenvalue weighted by Gasteiger charge is 2.26. The van der Waals surface area contributed by atoms with Gasteiger partial charge < -0.3 is 9.88 Å². The van der Waals surface area contributed by atoms with E-state index in [1.54, 1.807) is 0 Å². The Bertz CT molecular complexity index is 578. The van der Waals surface area contributed by atoms with Crippen LogP contribution >= 0.6 is 11.6 Å². The van der Waals surface area contributed by atoms with E-state index in [0.717, 1.165) is 16.9 Å². The SMILES string of the molecule is O=C1CC(n2c(CCl)nc3ccccc32)CN1. The zero-order chi connectivity index (χ0) is 11.8. The lowest BCUT2D eigenvalue weighted by Crippen LogP contribution is -2.16. The number of aromatic nitrogens is 2. The van der Waals surface area contributed by atoms with E-state index >= 15 is 0 Å². The van der Waals surface area contributed by atoms with Gasteiger partial charge in [-0.3, -0.25) is 4.79 Å². The average molecular weight is 250 g/mol. The van der Waals surface area contributed by atoms with Crippen molar-refractivity contribution in [3.05, 3.63) is 30.1 Å². The second-order valence-electron chi connectivity index (χ2n) is 4.18. The van der Waals surface area contributed by atoms with Gasteiger partial charge in [0, 0.05) is 13.0 Å². The lowest BCUT2D eigenvalue weighted by Gasteiger charge is -2.13. The summed E-state index contributed by atoms with van der Waals surface area (Å²) in [6.07, 6.45) is 0.504. The van der Waals surface area contributed by atoms with Gasteiger partial charge in [-0.25, -0.2) is 4.98 Å². The number of nitrogens with zero attached hydrogens (tertiary/aromatic N) is 2. The number of imidazole rings is 1. The van der Waals surface area contributed by atoms with Gasteiger partial charge in [-0.15, -0.1) is 11.6 Å². The highest BCUT2D eigenvalue weighted by atomic mass is 35.5. The number of amides is 1. The van der Waals surface area contributed by atoms with E-state index in [0.29, 0.717) is 18.8 Å². The van der Waals surface area contributed by atoms with E-state index in [-0.39, 0.29) is 11.9 Å². The Balaban J connectivity index is 2.15. The summed E-state index contributed by atoms with van der Waals surface area (Å²) in [5.74, 6) is 1.28. The molecule has 1 fully saturated rings. The molecule has 3 rings (SSSR count). The largest absolute Gasteiger partial charge is 0.354 e. The first kappa shape index (κ1) is 10.6. The zero-order valence-corrected chi connectivity index (χ0v) is 9.94. The maximum absolute atomic E-state index is 11.3. The normalized spacial score (nSPS) is 19.8. The molecule has 2 aromatic rings. The highest BCUT2D eigenvalue weighted by Crippen LogP contribution is 2.26. The first-order chi connectivity index (χ1) is 8.29. The van der Waals surface area contributed by atoms with E-state index < -0.39 is 0 Å². The molecule has 1 aliphatic rings. The molecule has 1 aliphatic heterocycles. The van der Waals surface area contributed by atoms with Crippen molar-refractivity contribution in [3.63, 3.8) is 0 Å². The molecule has 1 unspecified atom stereocenters. The van der Waals surface area contributed by atoms with Crippen molar-refractivity contribution >= 4 is 28.5 Å². The van der Waals surface area contributed by atoms with Crippen LogP contribution in [0.2, 0.25) is 0 Å². The third-order valence-electron chi connectivity index (χ3n) is 3.11. The van der Waals surface area contributed by atoms with Crippen molar-refractivity contribution in [2.45, 2.75) is 18.3 Å². The summed E-state index contributed by atoms with van der Waals surface area (Å²) < 4.78 is 2.08. The van der Waals surface area contributed by atoms with Crippen molar-refractivity contribution in [2.75, 3.05) is 6.54 Å². The molecule has 1 aromatic carbocycles. The molecule has 5 heteroatoms. The van der Waals surface area contributed by atoms with Crippen LogP contribution in [0.25, 0.3) is 11.0 Å². The lowest BCUT2D eigenvalue weighted by atomic mass is 10.2. The quantitative estimate of drug-likeness (QED) is 0.826. The van der Waals surface area contributed by atoms with Gasteiger partial charge in [-0.2, -0.15) is 0 Å². The molecule has 0 aliphatic carbocycles. The third-order valence-corrected chi connectivity index (χ3v) is 3.35. The van der Waals surface area contributed by atoms with Crippen LogP contribution in [0.15, 0.2) is 24.3 Å². The third kappa shape index (κ3) is 1.69. The molecule has 88 valence electrons. The van der Waals surface area contributed by atoms with E-state index in [9.17, 15) is 4.79 Å². The Morgan fingerprint density at radius 3 is 3.00 bits per heavy atom. The van der Waals surface area contributed by atoms with E-state index in [4.69, 9.17) is 11.6 Å². The lowest BCUT2D eigenvalue weighted by molar-refractivity contribution is -0.119. The van der Waals surface area contributed by atoms with Crippen LogP contribution in [0.3, 0.4) is 0 Å². The molecule has 1 aromatic heterocycles. The van der Waals surface area contributed by atoms with Gasteiger partial charge in [0.1, 0.15) is 5.82 Å².